The Bertz CT molecular complexity index is 960. The molecule has 6 nitrogen and oxygen atoms in total. The van der Waals surface area contributed by atoms with Gasteiger partial charge in [0.2, 0.25) is 5.69 Å². The van der Waals surface area contributed by atoms with Gasteiger partial charge in [-0.3, -0.25) is 4.79 Å². The van der Waals surface area contributed by atoms with Crippen molar-refractivity contribution in [2.75, 3.05) is 13.7 Å². The van der Waals surface area contributed by atoms with Crippen LogP contribution in [0.25, 0.3) is 5.69 Å². The second-order valence-corrected chi connectivity index (χ2v) is 6.60. The van der Waals surface area contributed by atoms with Crippen LogP contribution in [-0.2, 0) is 4.74 Å². The van der Waals surface area contributed by atoms with E-state index in [2.05, 4.69) is 18.9 Å². The highest BCUT2D eigenvalue weighted by atomic mass is 16.5. The average molecular weight is 378 g/mol. The van der Waals surface area contributed by atoms with Crippen LogP contribution in [0.1, 0.15) is 46.2 Å². The lowest BCUT2D eigenvalue weighted by molar-refractivity contribution is 0.0465. The molecule has 0 radical (unpaired) electrons. The van der Waals surface area contributed by atoms with Gasteiger partial charge in [-0.25, -0.2) is 9.48 Å². The van der Waals surface area contributed by atoms with E-state index in [4.69, 9.17) is 9.47 Å². The van der Waals surface area contributed by atoms with Crippen LogP contribution in [-0.4, -0.2) is 35.2 Å². The SMILES string of the molecule is COc1cn(-c2ccccc2)nc1C(=O)OCC(=O)c1ccc(C(C)C)cc1. The van der Waals surface area contributed by atoms with E-state index in [1.54, 1.807) is 18.3 Å². The predicted molar refractivity (Wildman–Crippen MR) is 105 cm³/mol. The van der Waals surface area contributed by atoms with Crippen LogP contribution in [0.5, 0.6) is 5.75 Å². The highest BCUT2D eigenvalue weighted by Gasteiger charge is 2.21. The number of rotatable bonds is 7. The molecule has 0 bridgehead atoms. The Morgan fingerprint density at radius 3 is 2.32 bits per heavy atom. The van der Waals surface area contributed by atoms with E-state index in [0.29, 0.717) is 11.5 Å². The van der Waals surface area contributed by atoms with E-state index in [1.807, 2.05) is 42.5 Å². The van der Waals surface area contributed by atoms with E-state index in [1.165, 1.54) is 11.8 Å². The number of ether oxygens (including phenoxy) is 2. The van der Waals surface area contributed by atoms with Gasteiger partial charge in [-0.2, -0.15) is 5.10 Å². The number of hydrogen-bond acceptors (Lipinski definition) is 5. The molecule has 1 aromatic heterocycles. The Labute approximate surface area is 163 Å². The van der Waals surface area contributed by atoms with Gasteiger partial charge < -0.3 is 9.47 Å². The largest absolute Gasteiger partial charge is 0.493 e. The molecule has 0 aliphatic carbocycles. The molecule has 0 fully saturated rings. The van der Waals surface area contributed by atoms with Crippen LogP contribution in [0.3, 0.4) is 0 Å². The predicted octanol–water partition coefficient (Wildman–Crippen LogP) is 4.04. The molecule has 0 saturated carbocycles. The Balaban J connectivity index is 1.69. The first-order valence-electron chi connectivity index (χ1n) is 8.99. The standard InChI is InChI=1S/C22H22N2O4/c1-15(2)16-9-11-17(12-10-16)19(25)14-28-22(26)21-20(27-3)13-24(23-21)18-7-5-4-6-8-18/h4-13,15H,14H2,1-3H3. The summed E-state index contributed by atoms with van der Waals surface area (Å²) in [7, 11) is 1.45. The number of methoxy groups -OCH3 is 1. The normalized spacial score (nSPS) is 10.7. The number of para-hydroxylation sites is 1. The first-order chi connectivity index (χ1) is 13.5. The third kappa shape index (κ3) is 4.28. The number of carbonyl (C=O) groups is 2. The van der Waals surface area contributed by atoms with E-state index in [-0.39, 0.29) is 23.8 Å². The summed E-state index contributed by atoms with van der Waals surface area (Å²) in [4.78, 5) is 24.7. The van der Waals surface area contributed by atoms with Gasteiger partial charge in [-0.1, -0.05) is 56.3 Å². The van der Waals surface area contributed by atoms with Crippen molar-refractivity contribution in [3.05, 3.63) is 77.6 Å². The first kappa shape index (κ1) is 19.4. The van der Waals surface area contributed by atoms with Crippen molar-refractivity contribution >= 4 is 11.8 Å². The van der Waals surface area contributed by atoms with Crippen molar-refractivity contribution in [2.24, 2.45) is 0 Å². The zero-order valence-electron chi connectivity index (χ0n) is 16.1. The van der Waals surface area contributed by atoms with E-state index < -0.39 is 5.97 Å². The molecule has 0 amide bonds. The van der Waals surface area contributed by atoms with Gasteiger partial charge in [0.1, 0.15) is 0 Å². The lowest BCUT2D eigenvalue weighted by Gasteiger charge is -2.07. The molecule has 0 unspecified atom stereocenters. The van der Waals surface area contributed by atoms with Crippen LogP contribution in [0, 0.1) is 0 Å². The second-order valence-electron chi connectivity index (χ2n) is 6.60. The van der Waals surface area contributed by atoms with Crippen molar-refractivity contribution in [1.29, 1.82) is 0 Å². The maximum atomic E-state index is 12.4. The zero-order valence-corrected chi connectivity index (χ0v) is 16.1. The van der Waals surface area contributed by atoms with Gasteiger partial charge in [0, 0.05) is 5.56 Å². The summed E-state index contributed by atoms with van der Waals surface area (Å²) >= 11 is 0. The number of ketones is 1. The zero-order chi connectivity index (χ0) is 20.1. The molecule has 0 spiro atoms. The van der Waals surface area contributed by atoms with Gasteiger partial charge in [0.25, 0.3) is 0 Å². The lowest BCUT2D eigenvalue weighted by Crippen LogP contribution is -2.15. The lowest BCUT2D eigenvalue weighted by atomic mass is 10.0. The molecule has 2 aromatic carbocycles. The third-order valence-electron chi connectivity index (χ3n) is 4.35. The monoisotopic (exact) mass is 378 g/mol. The number of Topliss-reactive ketones (excluding diaryl/α,β-unsaturated/α-hetero) is 1. The van der Waals surface area contributed by atoms with Crippen LogP contribution < -0.4 is 4.74 Å². The van der Waals surface area contributed by atoms with Crippen molar-refractivity contribution in [1.82, 2.24) is 9.78 Å². The number of aromatic nitrogens is 2. The molecule has 0 saturated heterocycles. The highest BCUT2D eigenvalue weighted by Crippen LogP contribution is 2.20. The molecule has 144 valence electrons. The summed E-state index contributed by atoms with van der Waals surface area (Å²) in [6, 6.07) is 16.6. The minimum absolute atomic E-state index is 0.0225. The quantitative estimate of drug-likeness (QED) is 0.458. The summed E-state index contributed by atoms with van der Waals surface area (Å²) in [5.41, 5.74) is 2.44. The van der Waals surface area contributed by atoms with E-state index in [0.717, 1.165) is 11.3 Å². The smallest absolute Gasteiger partial charge is 0.363 e. The van der Waals surface area contributed by atoms with Crippen LogP contribution in [0.2, 0.25) is 0 Å². The van der Waals surface area contributed by atoms with Crippen molar-refractivity contribution in [2.45, 2.75) is 19.8 Å². The van der Waals surface area contributed by atoms with Gasteiger partial charge in [-0.15, -0.1) is 0 Å². The Morgan fingerprint density at radius 1 is 1.04 bits per heavy atom. The molecular weight excluding hydrogens is 356 g/mol. The van der Waals surface area contributed by atoms with Crippen LogP contribution in [0.4, 0.5) is 0 Å². The molecule has 3 rings (SSSR count). The van der Waals surface area contributed by atoms with Crippen molar-refractivity contribution in [3.8, 4) is 11.4 Å². The summed E-state index contributed by atoms with van der Waals surface area (Å²) < 4.78 is 11.9. The first-order valence-corrected chi connectivity index (χ1v) is 8.99. The van der Waals surface area contributed by atoms with E-state index in [9.17, 15) is 9.59 Å². The molecular formula is C22H22N2O4. The summed E-state index contributed by atoms with van der Waals surface area (Å²) in [6.07, 6.45) is 1.60. The third-order valence-corrected chi connectivity index (χ3v) is 4.35. The Hall–Kier alpha value is -3.41. The Kier molecular flexibility index (Phi) is 5.89. The maximum Gasteiger partial charge on any atom is 0.363 e. The maximum absolute atomic E-state index is 12.4. The topological polar surface area (TPSA) is 70.4 Å². The molecule has 3 aromatic rings. The molecule has 28 heavy (non-hydrogen) atoms. The van der Waals surface area contributed by atoms with Crippen LogP contribution >= 0.6 is 0 Å². The molecule has 0 aliphatic heterocycles. The van der Waals surface area contributed by atoms with Crippen molar-refractivity contribution in [3.63, 3.8) is 0 Å². The fourth-order valence-corrected chi connectivity index (χ4v) is 2.70. The number of hydrogen-bond donors (Lipinski definition) is 0. The molecule has 0 aliphatic rings. The van der Waals surface area contributed by atoms with Gasteiger partial charge >= 0.3 is 5.97 Å². The number of esters is 1. The molecule has 6 heteroatoms. The van der Waals surface area contributed by atoms with Crippen molar-refractivity contribution < 1.29 is 19.1 Å². The summed E-state index contributed by atoms with van der Waals surface area (Å²) in [5.74, 6) is -0.319. The Morgan fingerprint density at radius 2 is 1.71 bits per heavy atom. The number of carbonyl (C=O) groups excluding carboxylic acids is 2. The van der Waals surface area contributed by atoms with E-state index >= 15 is 0 Å². The highest BCUT2D eigenvalue weighted by molar-refractivity contribution is 5.99. The minimum Gasteiger partial charge on any atom is -0.493 e. The summed E-state index contributed by atoms with van der Waals surface area (Å²) in [6.45, 7) is 3.81. The second kappa shape index (κ2) is 8.52. The average Bonchev–Trinajstić information content (AvgIpc) is 3.17. The minimum atomic E-state index is -0.710. The van der Waals surface area contributed by atoms with Crippen LogP contribution in [0.15, 0.2) is 60.8 Å². The fraction of sp³-hybridized carbons (Fsp3) is 0.227. The fourth-order valence-electron chi connectivity index (χ4n) is 2.70. The molecule has 0 atom stereocenters. The number of nitrogens with zero attached hydrogens (tertiary/aromatic N) is 2. The summed E-state index contributed by atoms with van der Waals surface area (Å²) in [5, 5.41) is 4.24. The van der Waals surface area contributed by atoms with Gasteiger partial charge in [0.15, 0.2) is 18.1 Å². The molecule has 0 N–H and O–H groups in total. The number of benzene rings is 2. The van der Waals surface area contributed by atoms with Gasteiger partial charge in [0.05, 0.1) is 19.0 Å². The van der Waals surface area contributed by atoms with Gasteiger partial charge in [-0.05, 0) is 23.6 Å². The molecule has 1 heterocycles.